The predicted octanol–water partition coefficient (Wildman–Crippen LogP) is 2.86. The number of nitro benzene ring substituents is 1. The van der Waals surface area contributed by atoms with Gasteiger partial charge in [0, 0.05) is 12.1 Å². The molecule has 2 aromatic rings. The second kappa shape index (κ2) is 5.75. The van der Waals surface area contributed by atoms with Gasteiger partial charge in [0.25, 0.3) is 5.69 Å². The molecule has 1 aromatic carbocycles. The van der Waals surface area contributed by atoms with Crippen molar-refractivity contribution in [3.05, 3.63) is 40.6 Å². The van der Waals surface area contributed by atoms with Crippen molar-refractivity contribution in [2.75, 3.05) is 11.5 Å². The molecule has 0 saturated heterocycles. The zero-order chi connectivity index (χ0) is 13.8. The van der Waals surface area contributed by atoms with Crippen LogP contribution in [0.4, 0.5) is 11.5 Å². The molecule has 0 amide bonds. The molecule has 0 aliphatic rings. The van der Waals surface area contributed by atoms with Crippen LogP contribution in [0, 0.1) is 10.1 Å². The number of thioether (sulfide) groups is 1. The van der Waals surface area contributed by atoms with Gasteiger partial charge in [0.1, 0.15) is 5.82 Å². The van der Waals surface area contributed by atoms with Crippen LogP contribution < -0.4 is 5.73 Å². The first-order valence-corrected chi connectivity index (χ1v) is 6.83. The molecule has 2 rings (SSSR count). The fourth-order valence-electron chi connectivity index (χ4n) is 1.61. The number of benzene rings is 1. The topological polar surface area (TPSA) is 87.0 Å². The standard InChI is InChI=1S/C12H14N4O2S/c1-2-6-19-11-8-14-15(12(11)13)9-4-3-5-10(7-9)16(17)18/h3-5,7-8H,2,6,13H2,1H3. The summed E-state index contributed by atoms with van der Waals surface area (Å²) in [7, 11) is 0. The first-order valence-electron chi connectivity index (χ1n) is 5.84. The molecule has 0 radical (unpaired) electrons. The number of hydrogen-bond acceptors (Lipinski definition) is 5. The van der Waals surface area contributed by atoms with E-state index in [2.05, 4.69) is 12.0 Å². The minimum Gasteiger partial charge on any atom is -0.383 e. The Morgan fingerprint density at radius 2 is 2.32 bits per heavy atom. The lowest BCUT2D eigenvalue weighted by atomic mass is 10.3. The summed E-state index contributed by atoms with van der Waals surface area (Å²) in [5.74, 6) is 1.48. The Labute approximate surface area is 114 Å². The second-order valence-corrected chi connectivity index (χ2v) is 5.07. The number of nitrogens with zero attached hydrogens (tertiary/aromatic N) is 3. The van der Waals surface area contributed by atoms with E-state index in [4.69, 9.17) is 5.73 Å². The van der Waals surface area contributed by atoms with Gasteiger partial charge in [-0.3, -0.25) is 10.1 Å². The summed E-state index contributed by atoms with van der Waals surface area (Å²) in [4.78, 5) is 11.2. The molecule has 1 heterocycles. The second-order valence-electron chi connectivity index (χ2n) is 3.93. The third-order valence-corrected chi connectivity index (χ3v) is 3.76. The number of aromatic nitrogens is 2. The van der Waals surface area contributed by atoms with E-state index in [-0.39, 0.29) is 5.69 Å². The predicted molar refractivity (Wildman–Crippen MR) is 75.6 cm³/mol. The van der Waals surface area contributed by atoms with Crippen LogP contribution >= 0.6 is 11.8 Å². The molecule has 0 aliphatic carbocycles. The summed E-state index contributed by atoms with van der Waals surface area (Å²) < 4.78 is 1.52. The van der Waals surface area contributed by atoms with E-state index in [1.807, 2.05) is 0 Å². The smallest absolute Gasteiger partial charge is 0.271 e. The molecule has 0 bridgehead atoms. The largest absolute Gasteiger partial charge is 0.383 e. The highest BCUT2D eigenvalue weighted by Gasteiger charge is 2.12. The maximum absolute atomic E-state index is 10.8. The highest BCUT2D eigenvalue weighted by atomic mass is 32.2. The van der Waals surface area contributed by atoms with Crippen LogP contribution in [0.25, 0.3) is 5.69 Å². The molecule has 0 saturated carbocycles. The molecule has 0 unspecified atom stereocenters. The van der Waals surface area contributed by atoms with E-state index in [9.17, 15) is 10.1 Å². The zero-order valence-corrected chi connectivity index (χ0v) is 11.3. The molecule has 0 spiro atoms. The van der Waals surface area contributed by atoms with Gasteiger partial charge in [-0.15, -0.1) is 11.8 Å². The Morgan fingerprint density at radius 1 is 1.53 bits per heavy atom. The Morgan fingerprint density at radius 3 is 3.00 bits per heavy atom. The first-order chi connectivity index (χ1) is 9.13. The molecule has 0 atom stereocenters. The fraction of sp³-hybridized carbons (Fsp3) is 0.250. The molecular formula is C12H14N4O2S. The first kappa shape index (κ1) is 13.4. The minimum atomic E-state index is -0.435. The van der Waals surface area contributed by atoms with Crippen LogP contribution in [-0.4, -0.2) is 20.5 Å². The van der Waals surface area contributed by atoms with Gasteiger partial charge >= 0.3 is 0 Å². The quantitative estimate of drug-likeness (QED) is 0.516. The maximum atomic E-state index is 10.8. The molecule has 7 heteroatoms. The Balaban J connectivity index is 2.34. The van der Waals surface area contributed by atoms with Gasteiger partial charge in [-0.2, -0.15) is 5.10 Å². The molecule has 2 N–H and O–H groups in total. The van der Waals surface area contributed by atoms with E-state index in [1.54, 1.807) is 30.1 Å². The summed E-state index contributed by atoms with van der Waals surface area (Å²) in [6.45, 7) is 2.09. The molecule has 1 aromatic heterocycles. The van der Waals surface area contributed by atoms with Crippen molar-refractivity contribution >= 4 is 23.3 Å². The van der Waals surface area contributed by atoms with Gasteiger partial charge < -0.3 is 5.73 Å². The third kappa shape index (κ3) is 2.87. The number of nitrogen functional groups attached to an aromatic ring is 1. The van der Waals surface area contributed by atoms with Crippen LogP contribution in [-0.2, 0) is 0 Å². The van der Waals surface area contributed by atoms with Gasteiger partial charge in [0.05, 0.1) is 21.7 Å². The lowest BCUT2D eigenvalue weighted by molar-refractivity contribution is -0.384. The zero-order valence-electron chi connectivity index (χ0n) is 10.4. The summed E-state index contributed by atoms with van der Waals surface area (Å²) in [6.07, 6.45) is 2.74. The normalized spacial score (nSPS) is 10.6. The van der Waals surface area contributed by atoms with Crippen molar-refractivity contribution in [1.82, 2.24) is 9.78 Å². The lowest BCUT2D eigenvalue weighted by Gasteiger charge is -2.04. The van der Waals surface area contributed by atoms with Gasteiger partial charge in [-0.1, -0.05) is 13.0 Å². The van der Waals surface area contributed by atoms with Crippen LogP contribution in [0.3, 0.4) is 0 Å². The van der Waals surface area contributed by atoms with Crippen molar-refractivity contribution in [2.24, 2.45) is 0 Å². The Kier molecular flexibility index (Phi) is 4.06. The molecule has 0 fully saturated rings. The molecular weight excluding hydrogens is 264 g/mol. The van der Waals surface area contributed by atoms with Crippen molar-refractivity contribution in [3.8, 4) is 5.69 Å². The van der Waals surface area contributed by atoms with Crippen LogP contribution in [0.15, 0.2) is 35.4 Å². The van der Waals surface area contributed by atoms with E-state index in [0.29, 0.717) is 11.5 Å². The van der Waals surface area contributed by atoms with E-state index in [1.165, 1.54) is 16.8 Å². The molecule has 100 valence electrons. The van der Waals surface area contributed by atoms with E-state index in [0.717, 1.165) is 17.1 Å². The summed E-state index contributed by atoms with van der Waals surface area (Å²) in [5, 5.41) is 14.9. The summed E-state index contributed by atoms with van der Waals surface area (Å²) >= 11 is 1.63. The average molecular weight is 278 g/mol. The van der Waals surface area contributed by atoms with Crippen molar-refractivity contribution in [2.45, 2.75) is 18.2 Å². The molecule has 0 aliphatic heterocycles. The molecule has 6 nitrogen and oxygen atoms in total. The van der Waals surface area contributed by atoms with Crippen molar-refractivity contribution in [3.63, 3.8) is 0 Å². The van der Waals surface area contributed by atoms with Crippen molar-refractivity contribution in [1.29, 1.82) is 0 Å². The fourth-order valence-corrected chi connectivity index (χ4v) is 2.39. The number of nitrogens with two attached hydrogens (primary N) is 1. The average Bonchev–Trinajstić information content (AvgIpc) is 2.78. The van der Waals surface area contributed by atoms with Crippen LogP contribution in [0.1, 0.15) is 13.3 Å². The van der Waals surface area contributed by atoms with Gasteiger partial charge in [-0.25, -0.2) is 4.68 Å². The number of nitro groups is 1. The number of hydrogen-bond donors (Lipinski definition) is 1. The summed E-state index contributed by atoms with van der Waals surface area (Å²) in [6, 6.07) is 6.26. The maximum Gasteiger partial charge on any atom is 0.271 e. The molecule has 19 heavy (non-hydrogen) atoms. The van der Waals surface area contributed by atoms with Crippen LogP contribution in [0.5, 0.6) is 0 Å². The lowest BCUT2D eigenvalue weighted by Crippen LogP contribution is -2.02. The van der Waals surface area contributed by atoms with Crippen molar-refractivity contribution < 1.29 is 4.92 Å². The van der Waals surface area contributed by atoms with E-state index < -0.39 is 4.92 Å². The SMILES string of the molecule is CCCSc1cnn(-c2cccc([N+](=O)[O-])c2)c1N. The van der Waals surface area contributed by atoms with E-state index >= 15 is 0 Å². The highest BCUT2D eigenvalue weighted by molar-refractivity contribution is 7.99. The monoisotopic (exact) mass is 278 g/mol. The number of non-ortho nitro benzene ring substituents is 1. The van der Waals surface area contributed by atoms with Gasteiger partial charge in [-0.05, 0) is 18.2 Å². The Hall–Kier alpha value is -2.02. The number of rotatable bonds is 5. The highest BCUT2D eigenvalue weighted by Crippen LogP contribution is 2.28. The minimum absolute atomic E-state index is 0.0233. The third-order valence-electron chi connectivity index (χ3n) is 2.52. The van der Waals surface area contributed by atoms with Crippen LogP contribution in [0.2, 0.25) is 0 Å². The van der Waals surface area contributed by atoms with Gasteiger partial charge in [0.15, 0.2) is 0 Å². The Bertz CT molecular complexity index is 597. The summed E-state index contributed by atoms with van der Waals surface area (Å²) in [5.41, 5.74) is 6.63. The number of anilines is 1. The van der Waals surface area contributed by atoms with Gasteiger partial charge in [0.2, 0.25) is 0 Å².